The lowest BCUT2D eigenvalue weighted by Crippen LogP contribution is -2.38. The molecule has 0 atom stereocenters. The first-order chi connectivity index (χ1) is 16.5. The van der Waals surface area contributed by atoms with Crippen molar-refractivity contribution in [2.45, 2.75) is 13.1 Å². The second-order valence-electron chi connectivity index (χ2n) is 7.89. The van der Waals surface area contributed by atoms with E-state index in [1.165, 1.54) is 0 Å². The van der Waals surface area contributed by atoms with Crippen LogP contribution in [0.5, 0.6) is 0 Å². The first-order valence-corrected chi connectivity index (χ1v) is 10.8. The Labute approximate surface area is 198 Å². The molecule has 34 heavy (non-hydrogen) atoms. The van der Waals surface area contributed by atoms with Gasteiger partial charge in [-0.3, -0.25) is 0 Å². The molecule has 0 aliphatic carbocycles. The van der Waals surface area contributed by atoms with Gasteiger partial charge in [-0.1, -0.05) is 24.3 Å². The molecule has 8 nitrogen and oxygen atoms in total. The van der Waals surface area contributed by atoms with E-state index in [1.54, 1.807) is 49.1 Å². The summed E-state index contributed by atoms with van der Waals surface area (Å²) in [6.07, 6.45) is 7.22. The second kappa shape index (κ2) is 11.0. The van der Waals surface area contributed by atoms with Crippen LogP contribution in [-0.2, 0) is 13.1 Å². The zero-order chi connectivity index (χ0) is 23.9. The van der Waals surface area contributed by atoms with Crippen LogP contribution in [0, 0.1) is 0 Å². The van der Waals surface area contributed by atoms with Crippen molar-refractivity contribution in [2.75, 3.05) is 0 Å². The zero-order valence-corrected chi connectivity index (χ0v) is 18.4. The van der Waals surface area contributed by atoms with Crippen LogP contribution in [0.15, 0.2) is 108 Å². The molecule has 0 aliphatic heterocycles. The maximum atomic E-state index is 9.18. The molecular formula is C24H24B2N4O4+2. The van der Waals surface area contributed by atoms with Crippen LogP contribution in [0.25, 0.3) is 0 Å². The van der Waals surface area contributed by atoms with E-state index in [2.05, 4.69) is 10.2 Å². The molecule has 4 N–H and O–H groups in total. The molecule has 0 bridgehead atoms. The highest BCUT2D eigenvalue weighted by Gasteiger charge is 2.13. The average Bonchev–Trinajstić information content (AvgIpc) is 2.85. The molecular weight excluding hydrogens is 430 g/mol. The maximum absolute atomic E-state index is 9.18. The van der Waals surface area contributed by atoms with Crippen LogP contribution in [0.1, 0.15) is 11.1 Å². The topological polar surface area (TPSA) is 113 Å². The van der Waals surface area contributed by atoms with E-state index in [0.717, 1.165) is 22.5 Å². The predicted molar refractivity (Wildman–Crippen MR) is 128 cm³/mol. The van der Waals surface area contributed by atoms with Gasteiger partial charge in [0.1, 0.15) is 0 Å². The van der Waals surface area contributed by atoms with Crippen LogP contribution >= 0.6 is 0 Å². The molecule has 10 heteroatoms. The molecule has 0 saturated heterocycles. The summed E-state index contributed by atoms with van der Waals surface area (Å²) in [5.74, 6) is 0. The summed E-state index contributed by atoms with van der Waals surface area (Å²) in [7, 11) is -2.93. The van der Waals surface area contributed by atoms with Gasteiger partial charge in [0.2, 0.25) is 0 Å². The molecule has 4 aromatic rings. The molecule has 168 valence electrons. The second-order valence-corrected chi connectivity index (χ2v) is 7.89. The predicted octanol–water partition coefficient (Wildman–Crippen LogP) is 0.133. The first kappa shape index (κ1) is 23.5. The van der Waals surface area contributed by atoms with Crippen LogP contribution in [0.2, 0.25) is 0 Å². The van der Waals surface area contributed by atoms with Gasteiger partial charge in [-0.15, -0.1) is 0 Å². The highest BCUT2D eigenvalue weighted by molar-refractivity contribution is 6.58. The third-order valence-corrected chi connectivity index (χ3v) is 5.31. The highest BCUT2D eigenvalue weighted by Crippen LogP contribution is 2.19. The van der Waals surface area contributed by atoms with Crippen LogP contribution in [0.3, 0.4) is 0 Å². The van der Waals surface area contributed by atoms with Crippen molar-refractivity contribution < 1.29 is 29.2 Å². The molecule has 2 aromatic heterocycles. The van der Waals surface area contributed by atoms with E-state index in [0.29, 0.717) is 24.0 Å². The van der Waals surface area contributed by atoms with Crippen molar-refractivity contribution in [3.63, 3.8) is 0 Å². The van der Waals surface area contributed by atoms with Crippen molar-refractivity contribution >= 4 is 36.5 Å². The quantitative estimate of drug-likeness (QED) is 0.172. The average molecular weight is 454 g/mol. The number of rotatable bonds is 8. The van der Waals surface area contributed by atoms with Crippen molar-refractivity contribution in [1.29, 1.82) is 0 Å². The lowest BCUT2D eigenvalue weighted by atomic mass is 9.81. The van der Waals surface area contributed by atoms with Gasteiger partial charge < -0.3 is 20.1 Å². The smallest absolute Gasteiger partial charge is 0.423 e. The Hall–Kier alpha value is -3.69. The fourth-order valence-corrected chi connectivity index (χ4v) is 3.37. The fraction of sp³-hybridized carbons (Fsp3) is 0.0833. The van der Waals surface area contributed by atoms with Gasteiger partial charge in [-0.05, 0) is 35.2 Å². The Morgan fingerprint density at radius 3 is 1.12 bits per heavy atom. The largest absolute Gasteiger partial charge is 0.488 e. The Kier molecular flexibility index (Phi) is 7.56. The van der Waals surface area contributed by atoms with E-state index in [4.69, 9.17) is 0 Å². The van der Waals surface area contributed by atoms with Gasteiger partial charge in [-0.25, -0.2) is 9.13 Å². The summed E-state index contributed by atoms with van der Waals surface area (Å²) in [5.41, 5.74) is 4.58. The van der Waals surface area contributed by atoms with Crippen LogP contribution in [0.4, 0.5) is 11.4 Å². The van der Waals surface area contributed by atoms with Gasteiger partial charge in [0.15, 0.2) is 37.9 Å². The Bertz CT molecular complexity index is 1130. The SMILES string of the molecule is OB(O)c1cc[n+](Cc2ccc(N=Nc3ccc(C[n+]4ccc(B(O)O)cc4)cc3)cc2)cc1. The van der Waals surface area contributed by atoms with Crippen molar-refractivity contribution in [1.82, 2.24) is 0 Å². The van der Waals surface area contributed by atoms with E-state index < -0.39 is 14.2 Å². The number of hydrogen-bond donors (Lipinski definition) is 4. The van der Waals surface area contributed by atoms with Gasteiger partial charge in [0.05, 0.1) is 11.4 Å². The monoisotopic (exact) mass is 454 g/mol. The maximum Gasteiger partial charge on any atom is 0.488 e. The molecule has 0 fully saturated rings. The minimum Gasteiger partial charge on any atom is -0.423 e. The highest BCUT2D eigenvalue weighted by atomic mass is 16.4. The van der Waals surface area contributed by atoms with E-state index in [9.17, 15) is 20.1 Å². The Morgan fingerprint density at radius 1 is 0.500 bits per heavy atom. The van der Waals surface area contributed by atoms with Gasteiger partial charge in [-0.2, -0.15) is 10.2 Å². The summed E-state index contributed by atoms with van der Waals surface area (Å²) in [4.78, 5) is 0. The third kappa shape index (κ3) is 6.43. The normalized spacial score (nSPS) is 11.1. The van der Waals surface area contributed by atoms with Crippen LogP contribution in [-0.4, -0.2) is 34.3 Å². The molecule has 0 amide bonds. The number of benzene rings is 2. The summed E-state index contributed by atoms with van der Waals surface area (Å²) < 4.78 is 3.90. The van der Waals surface area contributed by atoms with Gasteiger partial charge >= 0.3 is 14.2 Å². The number of nitrogens with zero attached hydrogens (tertiary/aromatic N) is 4. The number of pyridine rings is 2. The molecule has 2 aromatic carbocycles. The standard InChI is InChI=1S/C24H24B2N4O4/c31-25(32)21-9-13-29(14-10-21)17-19-1-5-23(6-2-19)27-28-24-7-3-20(4-8-24)18-30-15-11-22(12-16-30)26(33)34/h1-16,31-34H,17-18H2/q+2. The third-order valence-electron chi connectivity index (χ3n) is 5.31. The summed E-state index contributed by atoms with van der Waals surface area (Å²) in [6, 6.07) is 22.3. The molecule has 0 radical (unpaired) electrons. The van der Waals surface area contributed by atoms with Crippen molar-refractivity contribution in [3.8, 4) is 0 Å². The summed E-state index contributed by atoms with van der Waals surface area (Å²) >= 11 is 0. The zero-order valence-electron chi connectivity index (χ0n) is 18.4. The Morgan fingerprint density at radius 2 is 0.824 bits per heavy atom. The van der Waals surface area contributed by atoms with Crippen molar-refractivity contribution in [2.24, 2.45) is 10.2 Å². The lowest BCUT2D eigenvalue weighted by Gasteiger charge is -2.01. The summed E-state index contributed by atoms with van der Waals surface area (Å²) in [5, 5.41) is 45.3. The van der Waals surface area contributed by atoms with Crippen LogP contribution < -0.4 is 20.1 Å². The number of hydrogen-bond acceptors (Lipinski definition) is 6. The van der Waals surface area contributed by atoms with Crippen molar-refractivity contribution in [3.05, 3.63) is 109 Å². The number of aromatic nitrogens is 2. The molecule has 2 heterocycles. The molecule has 4 rings (SSSR count). The Balaban J connectivity index is 1.33. The fourth-order valence-electron chi connectivity index (χ4n) is 3.37. The van der Waals surface area contributed by atoms with E-state index in [-0.39, 0.29) is 0 Å². The molecule has 0 aliphatic rings. The van der Waals surface area contributed by atoms with E-state index in [1.807, 2.05) is 57.7 Å². The minimum absolute atomic E-state index is 0.455. The van der Waals surface area contributed by atoms with Gasteiger partial charge in [0, 0.05) is 35.4 Å². The van der Waals surface area contributed by atoms with Gasteiger partial charge in [0.25, 0.3) is 0 Å². The summed E-state index contributed by atoms with van der Waals surface area (Å²) in [6.45, 7) is 1.31. The van der Waals surface area contributed by atoms with E-state index >= 15 is 0 Å². The molecule has 0 unspecified atom stereocenters. The minimum atomic E-state index is -1.46. The molecule has 0 saturated carbocycles. The first-order valence-electron chi connectivity index (χ1n) is 10.8. The number of azo groups is 1. The molecule has 0 spiro atoms. The lowest BCUT2D eigenvalue weighted by molar-refractivity contribution is -0.688.